The lowest BCUT2D eigenvalue weighted by Gasteiger charge is -2.56. The summed E-state index contributed by atoms with van der Waals surface area (Å²) in [5.74, 6) is 0.357. The standard InChI is InChI=1S/C15H24O2/c1-10(2)12-5-7-14(4)8-6-13(16)11(3)15(14,17)9-12/h12-13,16-17H,1,3,5-9H2,2,4H3/t12-,13+,14+,15-/m1/s1. The van der Waals surface area contributed by atoms with Gasteiger partial charge in [-0.1, -0.05) is 25.7 Å². The van der Waals surface area contributed by atoms with Crippen molar-refractivity contribution in [3.05, 3.63) is 24.3 Å². The van der Waals surface area contributed by atoms with Crippen molar-refractivity contribution in [1.82, 2.24) is 0 Å². The van der Waals surface area contributed by atoms with Gasteiger partial charge in [0.15, 0.2) is 0 Å². The molecule has 17 heavy (non-hydrogen) atoms. The van der Waals surface area contributed by atoms with E-state index in [4.69, 9.17) is 0 Å². The molecule has 2 rings (SSSR count). The molecule has 0 spiro atoms. The van der Waals surface area contributed by atoms with Crippen LogP contribution in [0.3, 0.4) is 0 Å². The van der Waals surface area contributed by atoms with Crippen LogP contribution in [0.25, 0.3) is 0 Å². The largest absolute Gasteiger partial charge is 0.389 e. The van der Waals surface area contributed by atoms with E-state index >= 15 is 0 Å². The zero-order chi connectivity index (χ0) is 12.8. The van der Waals surface area contributed by atoms with Gasteiger partial charge in [-0.2, -0.15) is 0 Å². The second-order valence-corrected chi connectivity index (χ2v) is 6.29. The average molecular weight is 236 g/mol. The van der Waals surface area contributed by atoms with Crippen LogP contribution in [0.1, 0.15) is 46.0 Å². The summed E-state index contributed by atoms with van der Waals surface area (Å²) >= 11 is 0. The van der Waals surface area contributed by atoms with Crippen molar-refractivity contribution < 1.29 is 10.2 Å². The summed E-state index contributed by atoms with van der Waals surface area (Å²) in [5, 5.41) is 20.9. The molecule has 0 bridgehead atoms. The van der Waals surface area contributed by atoms with Crippen LogP contribution >= 0.6 is 0 Å². The molecular formula is C15H24O2. The first-order chi connectivity index (χ1) is 7.80. The number of hydrogen-bond donors (Lipinski definition) is 2. The van der Waals surface area contributed by atoms with Gasteiger partial charge in [0.25, 0.3) is 0 Å². The molecule has 96 valence electrons. The van der Waals surface area contributed by atoms with Crippen LogP contribution in [0.5, 0.6) is 0 Å². The molecule has 2 heteroatoms. The van der Waals surface area contributed by atoms with Gasteiger partial charge in [-0.25, -0.2) is 0 Å². The molecule has 0 aliphatic heterocycles. The Labute approximate surface area is 104 Å². The van der Waals surface area contributed by atoms with E-state index in [1.54, 1.807) is 0 Å². The molecule has 2 aliphatic rings. The smallest absolute Gasteiger partial charge is 0.0937 e. The molecule has 0 aromatic heterocycles. The average Bonchev–Trinajstić information content (AvgIpc) is 2.27. The first-order valence-electron chi connectivity index (χ1n) is 6.55. The highest BCUT2D eigenvalue weighted by Gasteiger charge is 2.56. The Hall–Kier alpha value is -0.600. The Bertz CT molecular complexity index is 360. The molecule has 2 N–H and O–H groups in total. The molecule has 2 fully saturated rings. The van der Waals surface area contributed by atoms with Crippen molar-refractivity contribution in [2.45, 2.75) is 57.7 Å². The molecule has 0 unspecified atom stereocenters. The maximum absolute atomic E-state index is 11.0. The highest BCUT2D eigenvalue weighted by atomic mass is 16.3. The van der Waals surface area contributed by atoms with Gasteiger partial charge < -0.3 is 10.2 Å². The van der Waals surface area contributed by atoms with Gasteiger partial charge in [-0.3, -0.25) is 0 Å². The normalized spacial score (nSPS) is 46.5. The Balaban J connectivity index is 2.33. The fourth-order valence-corrected chi connectivity index (χ4v) is 3.58. The van der Waals surface area contributed by atoms with Gasteiger partial charge in [0, 0.05) is 5.41 Å². The molecular weight excluding hydrogens is 212 g/mol. The third kappa shape index (κ3) is 1.78. The van der Waals surface area contributed by atoms with E-state index in [1.165, 1.54) is 0 Å². The third-order valence-corrected chi connectivity index (χ3v) is 5.18. The van der Waals surface area contributed by atoms with Crippen LogP contribution in [0.4, 0.5) is 0 Å². The summed E-state index contributed by atoms with van der Waals surface area (Å²) in [6, 6.07) is 0. The number of fused-ring (bicyclic) bond motifs is 1. The zero-order valence-corrected chi connectivity index (χ0v) is 11.0. The van der Waals surface area contributed by atoms with E-state index in [9.17, 15) is 10.2 Å². The molecule has 2 nitrogen and oxygen atoms in total. The SMILES string of the molecule is C=C(C)[C@@H]1CC[C@@]2(C)CC[C@H](O)C(=C)[C@]2(O)C1. The van der Waals surface area contributed by atoms with Crippen LogP contribution in [0.2, 0.25) is 0 Å². The first kappa shape index (κ1) is 12.8. The molecule has 4 atom stereocenters. The lowest BCUT2D eigenvalue weighted by atomic mass is 9.53. The second-order valence-electron chi connectivity index (χ2n) is 6.29. The molecule has 0 aromatic carbocycles. The molecule has 2 aliphatic carbocycles. The van der Waals surface area contributed by atoms with Crippen molar-refractivity contribution in [1.29, 1.82) is 0 Å². The Kier molecular flexibility index (Phi) is 2.99. The van der Waals surface area contributed by atoms with E-state index in [0.717, 1.165) is 31.3 Å². The van der Waals surface area contributed by atoms with Gasteiger partial charge >= 0.3 is 0 Å². The van der Waals surface area contributed by atoms with E-state index in [-0.39, 0.29) is 5.41 Å². The van der Waals surface area contributed by atoms with Crippen LogP contribution < -0.4 is 0 Å². The minimum Gasteiger partial charge on any atom is -0.389 e. The summed E-state index contributed by atoms with van der Waals surface area (Å²) < 4.78 is 0. The van der Waals surface area contributed by atoms with Crippen molar-refractivity contribution in [2.24, 2.45) is 11.3 Å². The summed E-state index contributed by atoms with van der Waals surface area (Å²) in [6.45, 7) is 12.1. The topological polar surface area (TPSA) is 40.5 Å². The van der Waals surface area contributed by atoms with Gasteiger partial charge in [0.2, 0.25) is 0 Å². The third-order valence-electron chi connectivity index (χ3n) is 5.18. The number of hydrogen-bond acceptors (Lipinski definition) is 2. The van der Waals surface area contributed by atoms with Crippen LogP contribution in [-0.2, 0) is 0 Å². The fourth-order valence-electron chi connectivity index (χ4n) is 3.58. The van der Waals surface area contributed by atoms with E-state index < -0.39 is 11.7 Å². The van der Waals surface area contributed by atoms with E-state index in [2.05, 4.69) is 20.1 Å². The summed E-state index contributed by atoms with van der Waals surface area (Å²) in [7, 11) is 0. The Morgan fingerprint density at radius 2 is 1.94 bits per heavy atom. The molecule has 0 saturated heterocycles. The van der Waals surface area contributed by atoms with Crippen LogP contribution in [-0.4, -0.2) is 21.9 Å². The number of aliphatic hydroxyl groups excluding tert-OH is 1. The van der Waals surface area contributed by atoms with Gasteiger partial charge in [-0.15, -0.1) is 0 Å². The zero-order valence-electron chi connectivity index (χ0n) is 11.0. The molecule has 0 aromatic rings. The predicted molar refractivity (Wildman–Crippen MR) is 69.6 cm³/mol. The minimum absolute atomic E-state index is 0.116. The number of allylic oxidation sites excluding steroid dienone is 1. The van der Waals surface area contributed by atoms with E-state index in [0.29, 0.717) is 17.9 Å². The van der Waals surface area contributed by atoms with Crippen LogP contribution in [0.15, 0.2) is 24.3 Å². The highest BCUT2D eigenvalue weighted by Crippen LogP contribution is 2.56. The highest BCUT2D eigenvalue weighted by molar-refractivity contribution is 5.28. The van der Waals surface area contributed by atoms with Crippen molar-refractivity contribution in [2.75, 3.05) is 0 Å². The van der Waals surface area contributed by atoms with Gasteiger partial charge in [0.05, 0.1) is 11.7 Å². The number of rotatable bonds is 1. The first-order valence-corrected chi connectivity index (χ1v) is 6.55. The summed E-state index contributed by atoms with van der Waals surface area (Å²) in [4.78, 5) is 0. The van der Waals surface area contributed by atoms with Gasteiger partial charge in [-0.05, 0) is 50.5 Å². The van der Waals surface area contributed by atoms with Crippen molar-refractivity contribution >= 4 is 0 Å². The van der Waals surface area contributed by atoms with Crippen molar-refractivity contribution in [3.63, 3.8) is 0 Å². The quantitative estimate of drug-likeness (QED) is 0.687. The maximum atomic E-state index is 11.0. The molecule has 2 saturated carbocycles. The minimum atomic E-state index is -0.910. The summed E-state index contributed by atoms with van der Waals surface area (Å²) in [6.07, 6.45) is 3.83. The lowest BCUT2D eigenvalue weighted by Crippen LogP contribution is -2.57. The molecule has 0 amide bonds. The van der Waals surface area contributed by atoms with Crippen molar-refractivity contribution in [3.8, 4) is 0 Å². The maximum Gasteiger partial charge on any atom is 0.0937 e. The molecule has 0 radical (unpaired) electrons. The fraction of sp³-hybridized carbons (Fsp3) is 0.733. The van der Waals surface area contributed by atoms with Crippen LogP contribution in [0, 0.1) is 11.3 Å². The van der Waals surface area contributed by atoms with Gasteiger partial charge in [0.1, 0.15) is 0 Å². The Morgan fingerprint density at radius 1 is 1.35 bits per heavy atom. The Morgan fingerprint density at radius 3 is 2.53 bits per heavy atom. The van der Waals surface area contributed by atoms with E-state index in [1.807, 2.05) is 6.92 Å². The second kappa shape index (κ2) is 3.96. The molecule has 0 heterocycles. The summed E-state index contributed by atoms with van der Waals surface area (Å²) in [5.41, 5.74) is 0.729. The monoisotopic (exact) mass is 236 g/mol. The predicted octanol–water partition coefficient (Wildman–Crippen LogP) is 2.81. The number of aliphatic hydroxyl groups is 2. The lowest BCUT2D eigenvalue weighted by molar-refractivity contribution is -0.124.